The summed E-state index contributed by atoms with van der Waals surface area (Å²) in [5.74, 6) is 1.72. The Bertz CT molecular complexity index is 678. The molecule has 0 aliphatic heterocycles. The van der Waals surface area contributed by atoms with Gasteiger partial charge in [0.2, 0.25) is 5.91 Å². The highest BCUT2D eigenvalue weighted by Crippen LogP contribution is 2.40. The van der Waals surface area contributed by atoms with E-state index in [1.807, 2.05) is 22.0 Å². The molecule has 2 heterocycles. The molecule has 2 aromatic heterocycles. The van der Waals surface area contributed by atoms with E-state index in [2.05, 4.69) is 10.2 Å². The third-order valence-corrected chi connectivity index (χ3v) is 4.14. The van der Waals surface area contributed by atoms with Gasteiger partial charge in [0.15, 0.2) is 5.16 Å². The van der Waals surface area contributed by atoms with E-state index in [9.17, 15) is 9.59 Å². The van der Waals surface area contributed by atoms with Crippen molar-refractivity contribution in [3.63, 3.8) is 0 Å². The van der Waals surface area contributed by atoms with E-state index in [1.165, 1.54) is 11.8 Å². The Hall–Kier alpha value is -2.29. The van der Waals surface area contributed by atoms with Gasteiger partial charge < -0.3 is 10.2 Å². The number of carbonyl (C=O) groups is 2. The Labute approximate surface area is 130 Å². The molecule has 2 aromatic rings. The van der Waals surface area contributed by atoms with Crippen LogP contribution in [0, 0.1) is 0 Å². The molecule has 0 atom stereocenters. The van der Waals surface area contributed by atoms with Crippen molar-refractivity contribution in [3.8, 4) is 0 Å². The lowest BCUT2D eigenvalue weighted by molar-refractivity contribution is -0.117. The van der Waals surface area contributed by atoms with Crippen LogP contribution in [0.25, 0.3) is 0 Å². The monoisotopic (exact) mass is 321 g/mol. The Kier molecular flexibility index (Phi) is 4.14. The molecule has 22 heavy (non-hydrogen) atoms. The SMILES string of the molecule is NC(=O)NC(=O)CSc1nnc(C2CC2)n1Cc1ccco1. The Morgan fingerprint density at radius 2 is 2.27 bits per heavy atom. The van der Waals surface area contributed by atoms with Crippen LogP contribution in [0.5, 0.6) is 0 Å². The molecule has 0 unspecified atom stereocenters. The van der Waals surface area contributed by atoms with E-state index in [0.717, 1.165) is 24.4 Å². The van der Waals surface area contributed by atoms with Crippen molar-refractivity contribution >= 4 is 23.7 Å². The largest absolute Gasteiger partial charge is 0.467 e. The van der Waals surface area contributed by atoms with Gasteiger partial charge in [-0.25, -0.2) is 4.79 Å². The second-order valence-electron chi connectivity index (χ2n) is 4.98. The molecule has 1 saturated carbocycles. The van der Waals surface area contributed by atoms with Crippen LogP contribution in [-0.2, 0) is 11.3 Å². The second-order valence-corrected chi connectivity index (χ2v) is 5.92. The number of thioether (sulfide) groups is 1. The van der Waals surface area contributed by atoms with Gasteiger partial charge in [0.25, 0.3) is 0 Å². The number of aromatic nitrogens is 3. The predicted octanol–water partition coefficient (Wildman–Crippen LogP) is 1.08. The van der Waals surface area contributed by atoms with Crippen molar-refractivity contribution in [2.24, 2.45) is 5.73 Å². The Morgan fingerprint density at radius 3 is 2.91 bits per heavy atom. The number of nitrogens with zero attached hydrogens (tertiary/aromatic N) is 3. The number of furan rings is 1. The van der Waals surface area contributed by atoms with Crippen molar-refractivity contribution in [1.29, 1.82) is 0 Å². The number of hydrogen-bond acceptors (Lipinski definition) is 6. The van der Waals surface area contributed by atoms with Gasteiger partial charge in [-0.05, 0) is 25.0 Å². The number of urea groups is 1. The molecular weight excluding hydrogens is 306 g/mol. The quantitative estimate of drug-likeness (QED) is 0.769. The zero-order chi connectivity index (χ0) is 15.5. The minimum atomic E-state index is -0.860. The maximum absolute atomic E-state index is 11.5. The lowest BCUT2D eigenvalue weighted by atomic mass is 10.3. The van der Waals surface area contributed by atoms with Crippen LogP contribution in [-0.4, -0.2) is 32.5 Å². The highest BCUT2D eigenvalue weighted by atomic mass is 32.2. The second kappa shape index (κ2) is 6.22. The van der Waals surface area contributed by atoms with Crippen molar-refractivity contribution in [3.05, 3.63) is 30.0 Å². The van der Waals surface area contributed by atoms with Crippen molar-refractivity contribution in [2.45, 2.75) is 30.5 Å². The summed E-state index contributed by atoms with van der Waals surface area (Å²) in [6.07, 6.45) is 3.82. The van der Waals surface area contributed by atoms with Crippen LogP contribution >= 0.6 is 11.8 Å². The van der Waals surface area contributed by atoms with Gasteiger partial charge in [-0.3, -0.25) is 14.7 Å². The van der Waals surface area contributed by atoms with Gasteiger partial charge >= 0.3 is 6.03 Å². The van der Waals surface area contributed by atoms with E-state index in [-0.39, 0.29) is 5.75 Å². The first-order valence-corrected chi connectivity index (χ1v) is 7.79. The summed E-state index contributed by atoms with van der Waals surface area (Å²) >= 11 is 1.21. The molecule has 0 radical (unpaired) electrons. The lowest BCUT2D eigenvalue weighted by Gasteiger charge is -2.07. The minimum Gasteiger partial charge on any atom is -0.467 e. The summed E-state index contributed by atoms with van der Waals surface area (Å²) in [6.45, 7) is 0.519. The van der Waals surface area contributed by atoms with Crippen LogP contribution in [0.2, 0.25) is 0 Å². The summed E-state index contributed by atoms with van der Waals surface area (Å²) in [5, 5.41) is 11.0. The van der Waals surface area contributed by atoms with Crippen molar-refractivity contribution in [2.75, 3.05) is 5.75 Å². The topological polar surface area (TPSA) is 116 Å². The van der Waals surface area contributed by atoms with Gasteiger partial charge in [-0.15, -0.1) is 10.2 Å². The maximum atomic E-state index is 11.5. The first-order valence-electron chi connectivity index (χ1n) is 6.81. The molecule has 3 rings (SSSR count). The summed E-state index contributed by atoms with van der Waals surface area (Å²) in [5.41, 5.74) is 4.91. The summed E-state index contributed by atoms with van der Waals surface area (Å²) in [7, 11) is 0. The fraction of sp³-hybridized carbons (Fsp3) is 0.385. The van der Waals surface area contributed by atoms with E-state index in [4.69, 9.17) is 10.2 Å². The number of primary amides is 1. The van der Waals surface area contributed by atoms with E-state index < -0.39 is 11.9 Å². The van der Waals surface area contributed by atoms with Crippen LogP contribution in [0.3, 0.4) is 0 Å². The molecule has 0 bridgehead atoms. The normalized spacial score (nSPS) is 14.0. The number of nitrogens with two attached hydrogens (primary N) is 1. The third-order valence-electron chi connectivity index (χ3n) is 3.18. The van der Waals surface area contributed by atoms with Gasteiger partial charge in [-0.2, -0.15) is 0 Å². The minimum absolute atomic E-state index is 0.0455. The number of rotatable bonds is 6. The molecular formula is C13H15N5O3S. The van der Waals surface area contributed by atoms with E-state index in [0.29, 0.717) is 17.6 Å². The molecule has 3 N–H and O–H groups in total. The van der Waals surface area contributed by atoms with Crippen LogP contribution < -0.4 is 11.1 Å². The third kappa shape index (κ3) is 3.48. The standard InChI is InChI=1S/C13H15N5O3S/c14-12(20)15-10(19)7-22-13-17-16-11(8-3-4-8)18(13)6-9-2-1-5-21-9/h1-2,5,8H,3-4,6-7H2,(H3,14,15,19,20). The number of nitrogens with one attached hydrogen (secondary N) is 1. The first-order chi connectivity index (χ1) is 10.6. The van der Waals surface area contributed by atoms with E-state index in [1.54, 1.807) is 6.26 Å². The highest BCUT2D eigenvalue weighted by Gasteiger charge is 2.30. The molecule has 0 spiro atoms. The molecule has 1 aliphatic carbocycles. The molecule has 8 nitrogen and oxygen atoms in total. The summed E-state index contributed by atoms with van der Waals surface area (Å²) in [4.78, 5) is 22.1. The van der Waals surface area contributed by atoms with Crippen LogP contribution in [0.4, 0.5) is 4.79 Å². The molecule has 1 fully saturated rings. The predicted molar refractivity (Wildman–Crippen MR) is 78.3 cm³/mol. The number of carbonyl (C=O) groups excluding carboxylic acids is 2. The molecule has 0 aromatic carbocycles. The molecule has 0 saturated heterocycles. The van der Waals surface area contributed by atoms with Gasteiger partial charge in [-0.1, -0.05) is 11.8 Å². The number of amides is 3. The van der Waals surface area contributed by atoms with Gasteiger partial charge in [0.05, 0.1) is 18.6 Å². The summed E-state index contributed by atoms with van der Waals surface area (Å²) in [6, 6.07) is 2.84. The number of hydrogen-bond donors (Lipinski definition) is 2. The average molecular weight is 321 g/mol. The molecule has 1 aliphatic rings. The Balaban J connectivity index is 1.72. The Morgan fingerprint density at radius 1 is 1.45 bits per heavy atom. The zero-order valence-electron chi connectivity index (χ0n) is 11.7. The molecule has 116 valence electrons. The molecule has 3 amide bonds. The zero-order valence-corrected chi connectivity index (χ0v) is 12.5. The van der Waals surface area contributed by atoms with E-state index >= 15 is 0 Å². The van der Waals surface area contributed by atoms with Gasteiger partial charge in [0, 0.05) is 5.92 Å². The van der Waals surface area contributed by atoms with Gasteiger partial charge in [0.1, 0.15) is 11.6 Å². The van der Waals surface area contributed by atoms with Crippen molar-refractivity contribution in [1.82, 2.24) is 20.1 Å². The number of imide groups is 1. The smallest absolute Gasteiger partial charge is 0.318 e. The summed E-state index contributed by atoms with van der Waals surface area (Å²) < 4.78 is 7.33. The average Bonchev–Trinajstić information content (AvgIpc) is 3.03. The first kappa shape index (κ1) is 14.6. The lowest BCUT2D eigenvalue weighted by Crippen LogP contribution is -2.36. The molecule has 9 heteroatoms. The van der Waals surface area contributed by atoms with Crippen LogP contribution in [0.1, 0.15) is 30.3 Å². The maximum Gasteiger partial charge on any atom is 0.318 e. The highest BCUT2D eigenvalue weighted by molar-refractivity contribution is 7.99. The van der Waals surface area contributed by atoms with Crippen molar-refractivity contribution < 1.29 is 14.0 Å². The fourth-order valence-electron chi connectivity index (χ4n) is 2.06. The van der Waals surface area contributed by atoms with Crippen LogP contribution in [0.15, 0.2) is 28.0 Å². The fourth-order valence-corrected chi connectivity index (χ4v) is 2.81.